The summed E-state index contributed by atoms with van der Waals surface area (Å²) in [5, 5.41) is 0. The SMILES string of the molecule is CCCCc1ccc(S)c(S)c1. The molecule has 0 spiro atoms. The molecule has 0 fully saturated rings. The van der Waals surface area contributed by atoms with Crippen molar-refractivity contribution in [2.75, 3.05) is 0 Å². The normalized spacial score (nSPS) is 10.2. The molecule has 0 radical (unpaired) electrons. The fourth-order valence-electron chi connectivity index (χ4n) is 1.11. The first-order chi connectivity index (χ1) is 5.74. The summed E-state index contributed by atoms with van der Waals surface area (Å²) in [7, 11) is 0. The van der Waals surface area contributed by atoms with Crippen molar-refractivity contribution in [1.29, 1.82) is 0 Å². The standard InChI is InChI=1S/C10H14S2/c1-2-3-4-8-5-6-9(11)10(12)7-8/h5-7,11-12H,2-4H2,1H3. The van der Waals surface area contributed by atoms with Crippen molar-refractivity contribution >= 4 is 25.3 Å². The van der Waals surface area contributed by atoms with Gasteiger partial charge in [0.25, 0.3) is 0 Å². The van der Waals surface area contributed by atoms with Crippen molar-refractivity contribution in [3.8, 4) is 0 Å². The van der Waals surface area contributed by atoms with E-state index in [1.165, 1.54) is 18.4 Å². The molecule has 0 bridgehead atoms. The van der Waals surface area contributed by atoms with E-state index in [-0.39, 0.29) is 0 Å². The molecule has 0 aliphatic heterocycles. The monoisotopic (exact) mass is 198 g/mol. The van der Waals surface area contributed by atoms with Gasteiger partial charge in [-0.25, -0.2) is 0 Å². The highest BCUT2D eigenvalue weighted by Gasteiger charge is 1.96. The fourth-order valence-corrected chi connectivity index (χ4v) is 1.48. The van der Waals surface area contributed by atoms with E-state index in [1.807, 2.05) is 6.07 Å². The summed E-state index contributed by atoms with van der Waals surface area (Å²) in [6, 6.07) is 6.23. The molecule has 0 aromatic heterocycles. The molecule has 1 aromatic carbocycles. The topological polar surface area (TPSA) is 0 Å². The number of aryl methyl sites for hydroxylation is 1. The van der Waals surface area contributed by atoms with Crippen molar-refractivity contribution in [3.05, 3.63) is 23.8 Å². The van der Waals surface area contributed by atoms with Gasteiger partial charge in [-0.15, -0.1) is 25.3 Å². The van der Waals surface area contributed by atoms with Gasteiger partial charge in [0.05, 0.1) is 0 Å². The van der Waals surface area contributed by atoms with Crippen LogP contribution in [0.2, 0.25) is 0 Å². The Morgan fingerprint density at radius 2 is 1.92 bits per heavy atom. The average molecular weight is 198 g/mol. The predicted octanol–water partition coefficient (Wildman–Crippen LogP) is 3.61. The first-order valence-electron chi connectivity index (χ1n) is 4.25. The van der Waals surface area contributed by atoms with Crippen molar-refractivity contribution in [2.24, 2.45) is 0 Å². The maximum absolute atomic E-state index is 4.31. The van der Waals surface area contributed by atoms with Crippen molar-refractivity contribution in [1.82, 2.24) is 0 Å². The number of benzene rings is 1. The van der Waals surface area contributed by atoms with E-state index in [0.717, 1.165) is 16.2 Å². The Labute approximate surface area is 85.2 Å². The van der Waals surface area contributed by atoms with Crippen LogP contribution in [0.5, 0.6) is 0 Å². The number of rotatable bonds is 3. The highest BCUT2D eigenvalue weighted by molar-refractivity contribution is 7.83. The number of unbranched alkanes of at least 4 members (excludes halogenated alkanes) is 1. The smallest absolute Gasteiger partial charge is 0.0176 e. The fraction of sp³-hybridized carbons (Fsp3) is 0.400. The summed E-state index contributed by atoms with van der Waals surface area (Å²) >= 11 is 8.57. The average Bonchev–Trinajstić information content (AvgIpc) is 2.07. The van der Waals surface area contributed by atoms with Crippen LogP contribution in [0, 0.1) is 0 Å². The second kappa shape index (κ2) is 4.83. The molecular formula is C10H14S2. The van der Waals surface area contributed by atoms with Gasteiger partial charge >= 0.3 is 0 Å². The minimum Gasteiger partial charge on any atom is -0.142 e. The zero-order valence-corrected chi connectivity index (χ0v) is 9.04. The third kappa shape index (κ3) is 2.76. The van der Waals surface area contributed by atoms with E-state index < -0.39 is 0 Å². The molecule has 0 aliphatic rings. The molecule has 66 valence electrons. The second-order valence-electron chi connectivity index (χ2n) is 2.93. The molecule has 0 unspecified atom stereocenters. The van der Waals surface area contributed by atoms with Crippen LogP contribution in [0.4, 0.5) is 0 Å². The van der Waals surface area contributed by atoms with E-state index in [1.54, 1.807) is 0 Å². The molecule has 0 heterocycles. The van der Waals surface area contributed by atoms with E-state index in [4.69, 9.17) is 0 Å². The highest BCUT2D eigenvalue weighted by atomic mass is 32.1. The molecule has 0 saturated carbocycles. The van der Waals surface area contributed by atoms with Gasteiger partial charge < -0.3 is 0 Å². The summed E-state index contributed by atoms with van der Waals surface area (Å²) in [6.07, 6.45) is 3.64. The van der Waals surface area contributed by atoms with Crippen LogP contribution in [0.15, 0.2) is 28.0 Å². The molecule has 1 aromatic rings. The van der Waals surface area contributed by atoms with Crippen molar-refractivity contribution < 1.29 is 0 Å². The first-order valence-corrected chi connectivity index (χ1v) is 5.14. The Hall–Kier alpha value is -0.0800. The van der Waals surface area contributed by atoms with E-state index in [0.29, 0.717) is 0 Å². The van der Waals surface area contributed by atoms with Gasteiger partial charge in [0.1, 0.15) is 0 Å². The Morgan fingerprint density at radius 1 is 1.17 bits per heavy atom. The van der Waals surface area contributed by atoms with Gasteiger partial charge in [-0.05, 0) is 30.5 Å². The summed E-state index contributed by atoms with van der Waals surface area (Å²) in [6.45, 7) is 2.20. The van der Waals surface area contributed by atoms with Crippen LogP contribution in [-0.4, -0.2) is 0 Å². The van der Waals surface area contributed by atoms with Crippen molar-refractivity contribution in [3.63, 3.8) is 0 Å². The lowest BCUT2D eigenvalue weighted by molar-refractivity contribution is 0.792. The molecule has 2 heteroatoms. The Balaban J connectivity index is 2.69. The first kappa shape index (κ1) is 10.0. The molecule has 0 amide bonds. The molecular weight excluding hydrogens is 184 g/mol. The van der Waals surface area contributed by atoms with Gasteiger partial charge in [0.2, 0.25) is 0 Å². The lowest BCUT2D eigenvalue weighted by Gasteiger charge is -2.02. The minimum atomic E-state index is 0.957. The summed E-state index contributed by atoms with van der Waals surface area (Å²) in [4.78, 5) is 1.94. The summed E-state index contributed by atoms with van der Waals surface area (Å²) in [5.41, 5.74) is 1.36. The van der Waals surface area contributed by atoms with Gasteiger partial charge in [0, 0.05) is 9.79 Å². The van der Waals surface area contributed by atoms with E-state index >= 15 is 0 Å². The largest absolute Gasteiger partial charge is 0.142 e. The number of thiol groups is 2. The zero-order chi connectivity index (χ0) is 8.97. The second-order valence-corrected chi connectivity index (χ2v) is 3.89. The van der Waals surface area contributed by atoms with Gasteiger partial charge in [-0.3, -0.25) is 0 Å². The Bertz CT molecular complexity index is 256. The summed E-state index contributed by atoms with van der Waals surface area (Å²) in [5.74, 6) is 0. The summed E-state index contributed by atoms with van der Waals surface area (Å²) < 4.78 is 0. The molecule has 0 N–H and O–H groups in total. The van der Waals surface area contributed by atoms with Gasteiger partial charge in [-0.2, -0.15) is 0 Å². The lowest BCUT2D eigenvalue weighted by atomic mass is 10.1. The van der Waals surface area contributed by atoms with Crippen LogP contribution in [-0.2, 0) is 6.42 Å². The Morgan fingerprint density at radius 3 is 2.50 bits per heavy atom. The van der Waals surface area contributed by atoms with Crippen LogP contribution >= 0.6 is 25.3 Å². The van der Waals surface area contributed by atoms with Gasteiger partial charge in [-0.1, -0.05) is 19.4 Å². The molecule has 0 saturated heterocycles. The highest BCUT2D eigenvalue weighted by Crippen LogP contribution is 2.20. The van der Waals surface area contributed by atoms with Gasteiger partial charge in [0.15, 0.2) is 0 Å². The molecule has 1 rings (SSSR count). The number of hydrogen-bond donors (Lipinski definition) is 2. The van der Waals surface area contributed by atoms with Crippen LogP contribution in [0.3, 0.4) is 0 Å². The number of hydrogen-bond acceptors (Lipinski definition) is 2. The Kier molecular flexibility index (Phi) is 4.02. The minimum absolute atomic E-state index is 0.957. The van der Waals surface area contributed by atoms with Crippen molar-refractivity contribution in [2.45, 2.75) is 36.0 Å². The van der Waals surface area contributed by atoms with Crippen LogP contribution in [0.25, 0.3) is 0 Å². The van der Waals surface area contributed by atoms with E-state index in [2.05, 4.69) is 44.3 Å². The van der Waals surface area contributed by atoms with Crippen LogP contribution in [0.1, 0.15) is 25.3 Å². The molecule has 0 nitrogen and oxygen atoms in total. The third-order valence-electron chi connectivity index (χ3n) is 1.86. The molecule has 0 atom stereocenters. The predicted molar refractivity (Wildman–Crippen MR) is 59.6 cm³/mol. The van der Waals surface area contributed by atoms with E-state index in [9.17, 15) is 0 Å². The maximum Gasteiger partial charge on any atom is 0.0176 e. The maximum atomic E-state index is 4.31. The molecule has 0 aliphatic carbocycles. The lowest BCUT2D eigenvalue weighted by Crippen LogP contribution is -1.84. The zero-order valence-electron chi connectivity index (χ0n) is 7.25. The molecule has 12 heavy (non-hydrogen) atoms. The van der Waals surface area contributed by atoms with Crippen LogP contribution < -0.4 is 0 Å². The third-order valence-corrected chi connectivity index (χ3v) is 2.80. The quantitative estimate of drug-likeness (QED) is 0.681.